The zero-order valence-electron chi connectivity index (χ0n) is 12.4. The molecule has 0 saturated carbocycles. The predicted molar refractivity (Wildman–Crippen MR) is 82.3 cm³/mol. The molecule has 0 bridgehead atoms. The van der Waals surface area contributed by atoms with E-state index in [0.717, 1.165) is 36.0 Å². The van der Waals surface area contributed by atoms with Gasteiger partial charge in [-0.2, -0.15) is 5.10 Å². The van der Waals surface area contributed by atoms with Crippen LogP contribution in [0.5, 0.6) is 0 Å². The zero-order valence-corrected chi connectivity index (χ0v) is 12.4. The fourth-order valence-electron chi connectivity index (χ4n) is 3.26. The van der Waals surface area contributed by atoms with E-state index in [2.05, 4.69) is 15.1 Å². The molecule has 6 nitrogen and oxygen atoms in total. The summed E-state index contributed by atoms with van der Waals surface area (Å²) < 4.78 is 1.78. The number of pyridine rings is 1. The molecule has 1 atom stereocenters. The Morgan fingerprint density at radius 3 is 3.18 bits per heavy atom. The fraction of sp³-hybridized carbons (Fsp3) is 0.312. The molecule has 0 aromatic carbocycles. The van der Waals surface area contributed by atoms with Crippen LogP contribution in [0.3, 0.4) is 0 Å². The fourth-order valence-corrected chi connectivity index (χ4v) is 3.26. The van der Waals surface area contributed by atoms with Crippen molar-refractivity contribution in [2.75, 3.05) is 6.54 Å². The standard InChI is InChI=1S/C16H17N5O/c1-20-10-11(8-19-20)14-5-3-7-21(14)16(22)13-9-18-15-12(13)4-2-6-17-15/h2,4,6,8-10,14H,3,5,7H2,1H3,(H,17,18)/t14-/m1/s1. The molecule has 0 aliphatic carbocycles. The molecule has 3 aromatic heterocycles. The number of carbonyl (C=O) groups is 1. The third-order valence-electron chi connectivity index (χ3n) is 4.30. The van der Waals surface area contributed by atoms with Gasteiger partial charge in [-0.1, -0.05) is 0 Å². The molecule has 1 aliphatic heterocycles. The highest BCUT2D eigenvalue weighted by molar-refractivity contribution is 6.06. The maximum absolute atomic E-state index is 13.0. The van der Waals surface area contributed by atoms with Crippen molar-refractivity contribution in [1.29, 1.82) is 0 Å². The lowest BCUT2D eigenvalue weighted by Crippen LogP contribution is -2.30. The van der Waals surface area contributed by atoms with Gasteiger partial charge in [0.1, 0.15) is 5.65 Å². The van der Waals surface area contributed by atoms with Crippen molar-refractivity contribution < 1.29 is 4.79 Å². The Morgan fingerprint density at radius 1 is 1.45 bits per heavy atom. The molecule has 6 heteroatoms. The van der Waals surface area contributed by atoms with Gasteiger partial charge in [0.2, 0.25) is 0 Å². The molecular weight excluding hydrogens is 278 g/mol. The number of hydrogen-bond donors (Lipinski definition) is 1. The number of nitrogens with one attached hydrogen (secondary N) is 1. The summed E-state index contributed by atoms with van der Waals surface area (Å²) in [5, 5.41) is 5.11. The summed E-state index contributed by atoms with van der Waals surface area (Å²) in [7, 11) is 1.90. The van der Waals surface area contributed by atoms with Gasteiger partial charge in [0.25, 0.3) is 5.91 Å². The van der Waals surface area contributed by atoms with E-state index in [-0.39, 0.29) is 11.9 Å². The maximum atomic E-state index is 13.0. The molecule has 1 aliphatic rings. The van der Waals surface area contributed by atoms with E-state index in [0.29, 0.717) is 5.56 Å². The molecule has 0 spiro atoms. The van der Waals surface area contributed by atoms with Crippen LogP contribution in [-0.2, 0) is 7.05 Å². The Kier molecular flexibility index (Phi) is 2.96. The Hall–Kier alpha value is -2.63. The number of likely N-dealkylation sites (tertiary alicyclic amines) is 1. The van der Waals surface area contributed by atoms with Crippen LogP contribution in [0.15, 0.2) is 36.9 Å². The van der Waals surface area contributed by atoms with Crippen molar-refractivity contribution >= 4 is 16.9 Å². The molecule has 22 heavy (non-hydrogen) atoms. The molecule has 112 valence electrons. The van der Waals surface area contributed by atoms with E-state index >= 15 is 0 Å². The van der Waals surface area contributed by atoms with E-state index < -0.39 is 0 Å². The minimum atomic E-state index is 0.0607. The second-order valence-corrected chi connectivity index (χ2v) is 5.71. The lowest BCUT2D eigenvalue weighted by Gasteiger charge is -2.23. The van der Waals surface area contributed by atoms with Crippen LogP contribution < -0.4 is 0 Å². The number of fused-ring (bicyclic) bond motifs is 1. The first kappa shape index (κ1) is 13.1. The highest BCUT2D eigenvalue weighted by atomic mass is 16.2. The number of H-pyrrole nitrogens is 1. The van der Waals surface area contributed by atoms with Gasteiger partial charge in [0.05, 0.1) is 17.8 Å². The Labute approximate surface area is 127 Å². The lowest BCUT2D eigenvalue weighted by molar-refractivity contribution is 0.0737. The Morgan fingerprint density at radius 2 is 2.36 bits per heavy atom. The van der Waals surface area contributed by atoms with Crippen LogP contribution in [0.1, 0.15) is 34.8 Å². The van der Waals surface area contributed by atoms with Crippen molar-refractivity contribution in [2.45, 2.75) is 18.9 Å². The number of hydrogen-bond acceptors (Lipinski definition) is 3. The first-order valence-electron chi connectivity index (χ1n) is 7.45. The van der Waals surface area contributed by atoms with Gasteiger partial charge in [-0.05, 0) is 25.0 Å². The molecular formula is C16H17N5O. The molecule has 4 heterocycles. The highest BCUT2D eigenvalue weighted by Crippen LogP contribution is 2.33. The molecule has 1 saturated heterocycles. The second kappa shape index (κ2) is 4.98. The number of nitrogens with zero attached hydrogens (tertiary/aromatic N) is 4. The maximum Gasteiger partial charge on any atom is 0.256 e. The molecule has 1 fully saturated rings. The predicted octanol–water partition coefficient (Wildman–Crippen LogP) is 2.27. The topological polar surface area (TPSA) is 66.8 Å². The minimum Gasteiger partial charge on any atom is -0.345 e. The van der Waals surface area contributed by atoms with Gasteiger partial charge in [-0.3, -0.25) is 9.48 Å². The number of carbonyl (C=O) groups excluding carboxylic acids is 1. The van der Waals surface area contributed by atoms with E-state index in [9.17, 15) is 4.79 Å². The lowest BCUT2D eigenvalue weighted by atomic mass is 10.1. The third kappa shape index (κ3) is 1.99. The first-order valence-corrected chi connectivity index (χ1v) is 7.45. The summed E-state index contributed by atoms with van der Waals surface area (Å²) in [5.41, 5.74) is 2.55. The number of amides is 1. The zero-order chi connectivity index (χ0) is 15.1. The van der Waals surface area contributed by atoms with Crippen molar-refractivity contribution in [2.24, 2.45) is 7.05 Å². The van der Waals surface area contributed by atoms with Crippen LogP contribution in [-0.4, -0.2) is 37.1 Å². The summed E-state index contributed by atoms with van der Waals surface area (Å²) in [6.07, 6.45) is 9.34. The van der Waals surface area contributed by atoms with Gasteiger partial charge in [0.15, 0.2) is 0 Å². The number of rotatable bonds is 2. The normalized spacial score (nSPS) is 18.2. The van der Waals surface area contributed by atoms with Crippen LogP contribution >= 0.6 is 0 Å². The van der Waals surface area contributed by atoms with Gasteiger partial charge >= 0.3 is 0 Å². The molecule has 1 N–H and O–H groups in total. The van der Waals surface area contributed by atoms with Gasteiger partial charge in [0, 0.05) is 43.1 Å². The summed E-state index contributed by atoms with van der Waals surface area (Å²) in [6.45, 7) is 0.783. The molecule has 0 unspecified atom stereocenters. The average Bonchev–Trinajstić information content (AvgIpc) is 3.25. The van der Waals surface area contributed by atoms with E-state index in [1.54, 1.807) is 17.1 Å². The van der Waals surface area contributed by atoms with Crippen LogP contribution in [0.4, 0.5) is 0 Å². The van der Waals surface area contributed by atoms with Crippen LogP contribution in [0.25, 0.3) is 11.0 Å². The summed E-state index contributed by atoms with van der Waals surface area (Å²) in [6, 6.07) is 3.90. The van der Waals surface area contributed by atoms with Gasteiger partial charge in [-0.25, -0.2) is 4.98 Å². The number of aromatic nitrogens is 4. The van der Waals surface area contributed by atoms with Gasteiger partial charge in [-0.15, -0.1) is 0 Å². The Balaban J connectivity index is 1.69. The molecule has 4 rings (SSSR count). The second-order valence-electron chi connectivity index (χ2n) is 5.71. The van der Waals surface area contributed by atoms with Crippen molar-refractivity contribution in [3.63, 3.8) is 0 Å². The number of aryl methyl sites for hydroxylation is 1. The molecule has 0 radical (unpaired) electrons. The van der Waals surface area contributed by atoms with Crippen LogP contribution in [0, 0.1) is 0 Å². The third-order valence-corrected chi connectivity index (χ3v) is 4.30. The molecule has 3 aromatic rings. The summed E-state index contributed by atoms with van der Waals surface area (Å²) >= 11 is 0. The monoisotopic (exact) mass is 295 g/mol. The van der Waals surface area contributed by atoms with Crippen molar-refractivity contribution in [3.8, 4) is 0 Å². The minimum absolute atomic E-state index is 0.0607. The van der Waals surface area contributed by atoms with E-state index in [1.165, 1.54) is 0 Å². The van der Waals surface area contributed by atoms with Crippen LogP contribution in [0.2, 0.25) is 0 Å². The summed E-state index contributed by atoms with van der Waals surface area (Å²) in [4.78, 5) is 22.2. The SMILES string of the molecule is Cn1cc([C@H]2CCCN2C(=O)c2c[nH]c3ncccc23)cn1. The highest BCUT2D eigenvalue weighted by Gasteiger charge is 2.32. The quantitative estimate of drug-likeness (QED) is 0.788. The summed E-state index contributed by atoms with van der Waals surface area (Å²) in [5.74, 6) is 0.0607. The van der Waals surface area contributed by atoms with Crippen molar-refractivity contribution in [3.05, 3.63) is 48.0 Å². The van der Waals surface area contributed by atoms with Gasteiger partial charge < -0.3 is 9.88 Å². The van der Waals surface area contributed by atoms with E-state index in [4.69, 9.17) is 0 Å². The smallest absolute Gasteiger partial charge is 0.256 e. The van der Waals surface area contributed by atoms with E-state index in [1.807, 2.05) is 36.5 Å². The average molecular weight is 295 g/mol. The van der Waals surface area contributed by atoms with Crippen molar-refractivity contribution in [1.82, 2.24) is 24.6 Å². The number of aromatic amines is 1. The largest absolute Gasteiger partial charge is 0.345 e. The Bertz CT molecular complexity index is 834. The molecule has 1 amide bonds. The first-order chi connectivity index (χ1) is 10.7.